The van der Waals surface area contributed by atoms with Gasteiger partial charge in [-0.15, -0.1) is 0 Å². The average Bonchev–Trinajstić information content (AvgIpc) is 2.24. The number of nitrogens with two attached hydrogens (primary N) is 1. The Labute approximate surface area is 106 Å². The predicted molar refractivity (Wildman–Crippen MR) is 73.9 cm³/mol. The molecule has 0 atom stereocenters. The van der Waals surface area contributed by atoms with Crippen LogP contribution in [0.25, 0.3) is 0 Å². The first-order valence-electron chi connectivity index (χ1n) is 6.40. The van der Waals surface area contributed by atoms with Crippen molar-refractivity contribution < 1.29 is 8.42 Å². The number of hydrogen-bond donors (Lipinski definition) is 1. The standard InChI is InChI=1S/C12H28N2O2S/c1-5-7-12(11-13,8-6-2)14(3)9-10-17(4,15)16/h5-11,13H2,1-4H3. The third kappa shape index (κ3) is 5.84. The van der Waals surface area contributed by atoms with Crippen LogP contribution in [0.2, 0.25) is 0 Å². The van der Waals surface area contributed by atoms with E-state index in [0.29, 0.717) is 13.1 Å². The molecule has 0 rings (SSSR count). The van der Waals surface area contributed by atoms with Gasteiger partial charge in [-0.05, 0) is 19.9 Å². The number of sulfone groups is 1. The second-order valence-electron chi connectivity index (χ2n) is 4.98. The summed E-state index contributed by atoms with van der Waals surface area (Å²) in [5.74, 6) is 0.207. The lowest BCUT2D eigenvalue weighted by Gasteiger charge is -2.41. The summed E-state index contributed by atoms with van der Waals surface area (Å²) in [7, 11) is -0.911. The molecule has 0 heterocycles. The van der Waals surface area contributed by atoms with Gasteiger partial charge in [0, 0.05) is 24.9 Å². The van der Waals surface area contributed by atoms with Gasteiger partial charge in [0.1, 0.15) is 9.84 Å². The number of likely N-dealkylation sites (N-methyl/N-ethyl adjacent to an activating group) is 1. The molecule has 0 aromatic carbocycles. The Morgan fingerprint density at radius 1 is 1.18 bits per heavy atom. The van der Waals surface area contributed by atoms with Crippen LogP contribution in [0.3, 0.4) is 0 Å². The molecule has 0 aromatic heterocycles. The molecule has 4 nitrogen and oxygen atoms in total. The lowest BCUT2D eigenvalue weighted by Crippen LogP contribution is -2.53. The lowest BCUT2D eigenvalue weighted by atomic mass is 9.87. The molecular weight excluding hydrogens is 236 g/mol. The van der Waals surface area contributed by atoms with E-state index in [1.807, 2.05) is 7.05 Å². The van der Waals surface area contributed by atoms with Gasteiger partial charge in [0.25, 0.3) is 0 Å². The second-order valence-corrected chi connectivity index (χ2v) is 7.24. The molecule has 0 fully saturated rings. The van der Waals surface area contributed by atoms with E-state index in [-0.39, 0.29) is 11.3 Å². The van der Waals surface area contributed by atoms with Gasteiger partial charge in [0.15, 0.2) is 0 Å². The molecular formula is C12H28N2O2S. The summed E-state index contributed by atoms with van der Waals surface area (Å²) >= 11 is 0. The zero-order valence-electron chi connectivity index (χ0n) is 11.7. The van der Waals surface area contributed by atoms with Crippen molar-refractivity contribution in [3.8, 4) is 0 Å². The van der Waals surface area contributed by atoms with Crippen molar-refractivity contribution in [1.29, 1.82) is 0 Å². The molecule has 0 radical (unpaired) electrons. The van der Waals surface area contributed by atoms with Gasteiger partial charge >= 0.3 is 0 Å². The van der Waals surface area contributed by atoms with E-state index < -0.39 is 9.84 Å². The van der Waals surface area contributed by atoms with Gasteiger partial charge in [-0.1, -0.05) is 26.7 Å². The van der Waals surface area contributed by atoms with Gasteiger partial charge in [-0.25, -0.2) is 8.42 Å². The largest absolute Gasteiger partial charge is 0.329 e. The van der Waals surface area contributed by atoms with Gasteiger partial charge in [-0.3, -0.25) is 4.90 Å². The van der Waals surface area contributed by atoms with Crippen molar-refractivity contribution in [2.24, 2.45) is 5.73 Å². The fraction of sp³-hybridized carbons (Fsp3) is 1.00. The Hall–Kier alpha value is -0.130. The highest BCUT2D eigenvalue weighted by Gasteiger charge is 2.31. The second kappa shape index (κ2) is 7.34. The minimum atomic E-state index is -2.90. The Balaban J connectivity index is 4.66. The molecule has 0 amide bonds. The van der Waals surface area contributed by atoms with Crippen LogP contribution in [0.1, 0.15) is 39.5 Å². The molecule has 104 valence electrons. The Bertz CT molecular complexity index is 296. The van der Waals surface area contributed by atoms with E-state index in [2.05, 4.69) is 18.7 Å². The topological polar surface area (TPSA) is 63.4 Å². The minimum Gasteiger partial charge on any atom is -0.329 e. The first kappa shape index (κ1) is 16.9. The summed E-state index contributed by atoms with van der Waals surface area (Å²) in [4.78, 5) is 2.14. The first-order valence-corrected chi connectivity index (χ1v) is 8.46. The molecule has 0 spiro atoms. The maximum absolute atomic E-state index is 11.2. The molecule has 2 N–H and O–H groups in total. The summed E-state index contributed by atoms with van der Waals surface area (Å²) in [6, 6.07) is 0. The van der Waals surface area contributed by atoms with Crippen LogP contribution in [0, 0.1) is 0 Å². The van der Waals surface area contributed by atoms with E-state index in [1.54, 1.807) is 0 Å². The molecule has 0 saturated carbocycles. The van der Waals surface area contributed by atoms with Crippen molar-refractivity contribution in [3.05, 3.63) is 0 Å². The Morgan fingerprint density at radius 3 is 1.94 bits per heavy atom. The highest BCUT2D eigenvalue weighted by atomic mass is 32.2. The van der Waals surface area contributed by atoms with Crippen LogP contribution in [-0.2, 0) is 9.84 Å². The number of nitrogens with zero attached hydrogens (tertiary/aromatic N) is 1. The molecule has 0 aliphatic heterocycles. The predicted octanol–water partition coefficient (Wildman–Crippen LogP) is 1.26. The van der Waals surface area contributed by atoms with Crippen LogP contribution in [-0.4, -0.2) is 51.0 Å². The smallest absolute Gasteiger partial charge is 0.148 e. The lowest BCUT2D eigenvalue weighted by molar-refractivity contribution is 0.110. The fourth-order valence-corrected chi connectivity index (χ4v) is 2.94. The Kier molecular flexibility index (Phi) is 7.28. The summed E-state index contributed by atoms with van der Waals surface area (Å²) in [6.07, 6.45) is 5.47. The molecule has 0 saturated heterocycles. The van der Waals surface area contributed by atoms with Gasteiger partial charge in [0.2, 0.25) is 0 Å². The minimum absolute atomic E-state index is 0.0335. The van der Waals surface area contributed by atoms with E-state index in [9.17, 15) is 8.42 Å². The zero-order valence-corrected chi connectivity index (χ0v) is 12.5. The highest BCUT2D eigenvalue weighted by molar-refractivity contribution is 7.90. The van der Waals surface area contributed by atoms with Crippen molar-refractivity contribution in [2.75, 3.05) is 32.1 Å². The van der Waals surface area contributed by atoms with Gasteiger partial charge in [0.05, 0.1) is 5.75 Å². The third-order valence-corrected chi connectivity index (χ3v) is 4.34. The molecule has 0 bridgehead atoms. The summed E-state index contributed by atoms with van der Waals surface area (Å²) in [6.45, 7) is 5.44. The van der Waals surface area contributed by atoms with E-state index in [4.69, 9.17) is 5.73 Å². The Morgan fingerprint density at radius 2 is 1.65 bits per heavy atom. The SMILES string of the molecule is CCCC(CN)(CCC)N(C)CCS(C)(=O)=O. The molecule has 0 unspecified atom stereocenters. The van der Waals surface area contributed by atoms with Gasteiger partial charge < -0.3 is 5.73 Å². The van der Waals surface area contributed by atoms with E-state index in [0.717, 1.165) is 25.7 Å². The van der Waals surface area contributed by atoms with Gasteiger partial charge in [-0.2, -0.15) is 0 Å². The van der Waals surface area contributed by atoms with Crippen molar-refractivity contribution in [3.63, 3.8) is 0 Å². The molecule has 0 aliphatic rings. The van der Waals surface area contributed by atoms with E-state index >= 15 is 0 Å². The molecule has 0 aliphatic carbocycles. The van der Waals surface area contributed by atoms with E-state index in [1.165, 1.54) is 6.26 Å². The van der Waals surface area contributed by atoms with Crippen LogP contribution >= 0.6 is 0 Å². The quantitative estimate of drug-likeness (QED) is 0.681. The third-order valence-electron chi connectivity index (χ3n) is 3.42. The fourth-order valence-electron chi connectivity index (χ4n) is 2.34. The summed E-state index contributed by atoms with van der Waals surface area (Å²) in [5, 5.41) is 0. The normalized spacial score (nSPS) is 13.3. The van der Waals surface area contributed by atoms with Crippen LogP contribution in [0.4, 0.5) is 0 Å². The maximum Gasteiger partial charge on any atom is 0.148 e. The number of hydrogen-bond acceptors (Lipinski definition) is 4. The van der Waals surface area contributed by atoms with Crippen LogP contribution < -0.4 is 5.73 Å². The highest BCUT2D eigenvalue weighted by Crippen LogP contribution is 2.25. The van der Waals surface area contributed by atoms with Crippen molar-refractivity contribution >= 4 is 9.84 Å². The van der Waals surface area contributed by atoms with Crippen LogP contribution in [0.15, 0.2) is 0 Å². The first-order chi connectivity index (χ1) is 7.81. The zero-order chi connectivity index (χ0) is 13.5. The molecule has 17 heavy (non-hydrogen) atoms. The molecule has 0 aromatic rings. The average molecular weight is 264 g/mol. The monoisotopic (exact) mass is 264 g/mol. The number of rotatable bonds is 9. The molecule has 5 heteroatoms. The summed E-state index contributed by atoms with van der Waals surface area (Å²) in [5.41, 5.74) is 5.90. The van der Waals surface area contributed by atoms with Crippen LogP contribution in [0.5, 0.6) is 0 Å². The van der Waals surface area contributed by atoms with Crippen molar-refractivity contribution in [2.45, 2.75) is 45.1 Å². The summed E-state index contributed by atoms with van der Waals surface area (Å²) < 4.78 is 22.4. The maximum atomic E-state index is 11.2. The van der Waals surface area contributed by atoms with Crippen molar-refractivity contribution in [1.82, 2.24) is 4.90 Å².